The van der Waals surface area contributed by atoms with Gasteiger partial charge in [-0.3, -0.25) is 19.9 Å². The van der Waals surface area contributed by atoms with Crippen LogP contribution in [0.25, 0.3) is 17.3 Å². The quantitative estimate of drug-likeness (QED) is 0.480. The van der Waals surface area contributed by atoms with E-state index < -0.39 is 17.0 Å². The maximum absolute atomic E-state index is 14.8. The average Bonchev–Trinajstić information content (AvgIpc) is 3.10. The van der Waals surface area contributed by atoms with Crippen LogP contribution in [-0.2, 0) is 16.1 Å². The van der Waals surface area contributed by atoms with E-state index in [2.05, 4.69) is 15.3 Å². The Morgan fingerprint density at radius 3 is 2.71 bits per heavy atom. The topological polar surface area (TPSA) is 105 Å². The lowest BCUT2D eigenvalue weighted by Gasteiger charge is -2.22. The van der Waals surface area contributed by atoms with Crippen LogP contribution in [0.3, 0.4) is 0 Å². The van der Waals surface area contributed by atoms with Crippen LogP contribution in [0.2, 0.25) is 0 Å². The first kappa shape index (κ1) is 25.4. The van der Waals surface area contributed by atoms with Gasteiger partial charge in [-0.25, -0.2) is 14.2 Å². The summed E-state index contributed by atoms with van der Waals surface area (Å²) in [6, 6.07) is 13.9. The number of nitrogens with zero attached hydrogens (tertiary/aromatic N) is 4. The SMILES string of the molecule is O=C1NC(=O)C(=Cc2ccc(F)c(-c3cncc(N4CCCN(C(=O)OCc5ccccc5)CC4)n3)c2)S1. The van der Waals surface area contributed by atoms with Crippen molar-refractivity contribution in [2.75, 3.05) is 31.1 Å². The molecule has 0 unspecified atom stereocenters. The second-order valence-electron chi connectivity index (χ2n) is 8.72. The predicted octanol–water partition coefficient (Wildman–Crippen LogP) is 4.46. The second kappa shape index (κ2) is 11.4. The monoisotopic (exact) mass is 533 g/mol. The van der Waals surface area contributed by atoms with Crippen LogP contribution < -0.4 is 10.2 Å². The molecule has 11 heteroatoms. The van der Waals surface area contributed by atoms with Crippen molar-refractivity contribution < 1.29 is 23.5 Å². The standard InChI is InChI=1S/C27H24FN5O4S/c28-21-8-7-19(14-23-25(34)31-26(35)38-23)13-20(21)22-15-29-16-24(30-22)32-9-4-10-33(12-11-32)27(36)37-17-18-5-2-1-3-6-18/h1-3,5-8,13-16H,4,9-12,17H2,(H,31,34,35). The van der Waals surface area contributed by atoms with E-state index in [1.54, 1.807) is 17.2 Å². The third-order valence-corrected chi connectivity index (χ3v) is 6.92. The van der Waals surface area contributed by atoms with Gasteiger partial charge in [-0.1, -0.05) is 36.4 Å². The molecule has 9 nitrogen and oxygen atoms in total. The summed E-state index contributed by atoms with van der Waals surface area (Å²) in [6.45, 7) is 2.39. The van der Waals surface area contributed by atoms with Crippen LogP contribution in [0, 0.1) is 5.82 Å². The highest BCUT2D eigenvalue weighted by Crippen LogP contribution is 2.29. The molecule has 3 aromatic rings. The first-order valence-electron chi connectivity index (χ1n) is 12.0. The van der Waals surface area contributed by atoms with Crippen LogP contribution in [0.15, 0.2) is 65.8 Å². The van der Waals surface area contributed by atoms with Gasteiger partial charge in [0, 0.05) is 31.7 Å². The van der Waals surface area contributed by atoms with Crippen molar-refractivity contribution in [2.24, 2.45) is 0 Å². The molecule has 1 N–H and O–H groups in total. The molecule has 38 heavy (non-hydrogen) atoms. The van der Waals surface area contributed by atoms with Crippen LogP contribution in [-0.4, -0.2) is 58.3 Å². The number of benzene rings is 2. The highest BCUT2D eigenvalue weighted by Gasteiger charge is 2.25. The second-order valence-corrected chi connectivity index (χ2v) is 9.74. The van der Waals surface area contributed by atoms with E-state index in [0.29, 0.717) is 49.7 Å². The Hall–Kier alpha value is -4.25. The van der Waals surface area contributed by atoms with E-state index in [1.807, 2.05) is 35.2 Å². The van der Waals surface area contributed by atoms with Crippen molar-refractivity contribution in [3.8, 4) is 11.3 Å². The van der Waals surface area contributed by atoms with E-state index in [9.17, 15) is 18.8 Å². The predicted molar refractivity (Wildman–Crippen MR) is 142 cm³/mol. The van der Waals surface area contributed by atoms with Gasteiger partial charge in [-0.15, -0.1) is 0 Å². The molecule has 3 amide bonds. The van der Waals surface area contributed by atoms with E-state index in [1.165, 1.54) is 24.4 Å². The fourth-order valence-corrected chi connectivity index (χ4v) is 4.86. The molecule has 0 atom stereocenters. The zero-order valence-corrected chi connectivity index (χ0v) is 21.1. The van der Waals surface area contributed by atoms with Crippen molar-refractivity contribution >= 4 is 40.9 Å². The molecule has 194 valence electrons. The molecule has 0 saturated carbocycles. The molecule has 0 radical (unpaired) electrons. The van der Waals surface area contributed by atoms with Gasteiger partial charge in [-0.2, -0.15) is 0 Å². The maximum Gasteiger partial charge on any atom is 0.410 e. The van der Waals surface area contributed by atoms with Gasteiger partial charge < -0.3 is 14.5 Å². The summed E-state index contributed by atoms with van der Waals surface area (Å²) in [5.41, 5.74) is 2.05. The molecule has 0 spiro atoms. The van der Waals surface area contributed by atoms with Crippen molar-refractivity contribution in [1.29, 1.82) is 0 Å². The van der Waals surface area contributed by atoms with Crippen LogP contribution in [0.1, 0.15) is 17.5 Å². The van der Waals surface area contributed by atoms with E-state index in [0.717, 1.165) is 17.3 Å². The Kier molecular flexibility index (Phi) is 7.64. The van der Waals surface area contributed by atoms with Gasteiger partial charge in [-0.05, 0) is 47.5 Å². The van der Waals surface area contributed by atoms with Gasteiger partial charge in [0.05, 0.1) is 23.0 Å². The minimum Gasteiger partial charge on any atom is -0.445 e. The number of anilines is 1. The highest BCUT2D eigenvalue weighted by atomic mass is 32.2. The van der Waals surface area contributed by atoms with Crippen LogP contribution in [0.4, 0.5) is 19.8 Å². The van der Waals surface area contributed by atoms with Gasteiger partial charge >= 0.3 is 6.09 Å². The van der Waals surface area contributed by atoms with E-state index in [4.69, 9.17) is 4.74 Å². The van der Waals surface area contributed by atoms with Gasteiger partial charge in [0.15, 0.2) is 0 Å². The van der Waals surface area contributed by atoms with E-state index >= 15 is 0 Å². The molecule has 2 aromatic carbocycles. The summed E-state index contributed by atoms with van der Waals surface area (Å²) < 4.78 is 20.3. The number of carbonyl (C=O) groups is 3. The fourth-order valence-electron chi connectivity index (χ4n) is 4.18. The number of thioether (sulfide) groups is 1. The molecule has 2 aliphatic rings. The molecule has 1 aromatic heterocycles. The van der Waals surface area contributed by atoms with Crippen molar-refractivity contribution in [1.82, 2.24) is 20.2 Å². The normalized spacial score (nSPS) is 16.9. The first-order valence-corrected chi connectivity index (χ1v) is 12.9. The van der Waals surface area contributed by atoms with Crippen molar-refractivity contribution in [3.63, 3.8) is 0 Å². The Labute approximate surface area is 222 Å². The minimum absolute atomic E-state index is 0.217. The summed E-state index contributed by atoms with van der Waals surface area (Å²) in [5.74, 6) is -0.394. The fraction of sp³-hybridized carbons (Fsp3) is 0.222. The lowest BCUT2D eigenvalue weighted by atomic mass is 10.1. The number of amides is 3. The Bertz CT molecular complexity index is 1400. The molecule has 2 fully saturated rings. The van der Waals surface area contributed by atoms with Crippen molar-refractivity contribution in [3.05, 3.63) is 82.8 Å². The number of halogens is 1. The Morgan fingerprint density at radius 1 is 1.08 bits per heavy atom. The lowest BCUT2D eigenvalue weighted by Crippen LogP contribution is -2.35. The number of rotatable bonds is 5. The number of carbonyl (C=O) groups excluding carboxylic acids is 3. The number of hydrogen-bond donors (Lipinski definition) is 1. The summed E-state index contributed by atoms with van der Waals surface area (Å²) in [4.78, 5) is 48.8. The lowest BCUT2D eigenvalue weighted by molar-refractivity contribution is -0.115. The molecular weight excluding hydrogens is 509 g/mol. The molecule has 2 saturated heterocycles. The number of nitrogens with one attached hydrogen (secondary N) is 1. The maximum atomic E-state index is 14.8. The molecule has 0 aliphatic carbocycles. The summed E-state index contributed by atoms with van der Waals surface area (Å²) in [5, 5.41) is 1.76. The molecule has 0 bridgehead atoms. The summed E-state index contributed by atoms with van der Waals surface area (Å²) in [7, 11) is 0. The summed E-state index contributed by atoms with van der Waals surface area (Å²) in [6.07, 6.45) is 4.97. The third kappa shape index (κ3) is 6.00. The number of imide groups is 1. The van der Waals surface area contributed by atoms with Gasteiger partial charge in [0.1, 0.15) is 18.2 Å². The number of aromatic nitrogens is 2. The van der Waals surface area contributed by atoms with Gasteiger partial charge in [0.25, 0.3) is 11.1 Å². The average molecular weight is 534 g/mol. The Balaban J connectivity index is 1.27. The van der Waals surface area contributed by atoms with Crippen LogP contribution in [0.5, 0.6) is 0 Å². The minimum atomic E-state index is -0.485. The van der Waals surface area contributed by atoms with Crippen molar-refractivity contribution in [2.45, 2.75) is 13.0 Å². The summed E-state index contributed by atoms with van der Waals surface area (Å²) >= 11 is 0.798. The molecule has 5 rings (SSSR count). The van der Waals surface area contributed by atoms with E-state index in [-0.39, 0.29) is 23.2 Å². The highest BCUT2D eigenvalue weighted by molar-refractivity contribution is 8.18. The zero-order chi connectivity index (χ0) is 26.5. The molecule has 2 aliphatic heterocycles. The largest absolute Gasteiger partial charge is 0.445 e. The number of hydrogen-bond acceptors (Lipinski definition) is 8. The zero-order valence-electron chi connectivity index (χ0n) is 20.3. The number of ether oxygens (including phenoxy) is 1. The smallest absolute Gasteiger partial charge is 0.410 e. The Morgan fingerprint density at radius 2 is 1.92 bits per heavy atom. The first-order chi connectivity index (χ1) is 18.5. The molecular formula is C27H24FN5O4S. The van der Waals surface area contributed by atoms with Gasteiger partial charge in [0.2, 0.25) is 0 Å². The third-order valence-electron chi connectivity index (χ3n) is 6.11. The van der Waals surface area contributed by atoms with Crippen LogP contribution >= 0.6 is 11.8 Å². The molecule has 3 heterocycles.